The number of aryl methyl sites for hydroxylation is 2. The van der Waals surface area contributed by atoms with Crippen LogP contribution in [0.1, 0.15) is 80.5 Å². The summed E-state index contributed by atoms with van der Waals surface area (Å²) in [7, 11) is 1.84. The summed E-state index contributed by atoms with van der Waals surface area (Å²) in [5.41, 5.74) is 3.52. The van der Waals surface area contributed by atoms with Crippen molar-refractivity contribution in [2.75, 3.05) is 7.05 Å². The lowest BCUT2D eigenvalue weighted by Crippen LogP contribution is -2.46. The van der Waals surface area contributed by atoms with Crippen LogP contribution >= 0.6 is 0 Å². The number of carbonyl (C=O) groups excluding carboxylic acids is 3. The molecule has 2 fully saturated rings. The van der Waals surface area contributed by atoms with Gasteiger partial charge in [-0.05, 0) is 80.7 Å². The zero-order valence-corrected chi connectivity index (χ0v) is 18.2. The Morgan fingerprint density at radius 2 is 1.59 bits per heavy atom. The minimum atomic E-state index is -0.637. The number of Topliss-reactive ketones (excluding diaryl/α,β-unsaturated/α-hetero) is 2. The minimum absolute atomic E-state index is 0.0557. The lowest BCUT2D eigenvalue weighted by Gasteiger charge is -2.45. The van der Waals surface area contributed by atoms with E-state index >= 15 is 0 Å². The zero-order valence-electron chi connectivity index (χ0n) is 18.2. The largest absolute Gasteiger partial charge is 0.343 e. The number of ketones is 2. The molecular weight excluding hydrogens is 362 g/mol. The fourth-order valence-electron chi connectivity index (χ4n) is 5.37. The monoisotopic (exact) mass is 393 g/mol. The first-order chi connectivity index (χ1) is 13.7. The van der Waals surface area contributed by atoms with Crippen LogP contribution in [0.3, 0.4) is 0 Å². The molecule has 0 atom stereocenters. The van der Waals surface area contributed by atoms with E-state index in [1.165, 1.54) is 0 Å². The second-order valence-corrected chi connectivity index (χ2v) is 8.98. The van der Waals surface area contributed by atoms with Crippen molar-refractivity contribution >= 4 is 17.5 Å². The highest BCUT2D eigenvalue weighted by molar-refractivity contribution is 6.10. The molecule has 1 spiro atoms. The third-order valence-corrected chi connectivity index (χ3v) is 6.95. The fourth-order valence-corrected chi connectivity index (χ4v) is 5.37. The summed E-state index contributed by atoms with van der Waals surface area (Å²) in [6, 6.07) is 4.18. The summed E-state index contributed by atoms with van der Waals surface area (Å²) in [6.45, 7) is 7.33. The number of benzene rings is 1. The lowest BCUT2D eigenvalue weighted by molar-refractivity contribution is -0.140. The first-order valence-electron chi connectivity index (χ1n) is 10.5. The molecule has 1 amide bonds. The van der Waals surface area contributed by atoms with Crippen LogP contribution in [0.15, 0.2) is 12.1 Å². The van der Waals surface area contributed by atoms with Gasteiger partial charge in [-0.15, -0.1) is 5.92 Å². The zero-order chi connectivity index (χ0) is 21.3. The number of carbonyl (C=O) groups is 3. The average molecular weight is 394 g/mol. The molecule has 0 radical (unpaired) electrons. The SMILES string of the molecule is CC#Cc1cc(C)c(C2C(=O)CC3(CCC(N(C)C(C)=O)CC3)CC2=O)c(C)c1. The van der Waals surface area contributed by atoms with Crippen LogP contribution in [-0.2, 0) is 14.4 Å². The van der Waals surface area contributed by atoms with Crippen LogP contribution < -0.4 is 0 Å². The molecule has 0 aromatic heterocycles. The molecule has 2 aliphatic carbocycles. The van der Waals surface area contributed by atoms with Gasteiger partial charge < -0.3 is 4.90 Å². The Morgan fingerprint density at radius 1 is 1.07 bits per heavy atom. The number of hydrogen-bond acceptors (Lipinski definition) is 3. The van der Waals surface area contributed by atoms with E-state index in [1.54, 1.807) is 18.7 Å². The van der Waals surface area contributed by atoms with Crippen LogP contribution in [-0.4, -0.2) is 35.5 Å². The van der Waals surface area contributed by atoms with Gasteiger partial charge in [0.2, 0.25) is 5.91 Å². The molecule has 1 aromatic rings. The third-order valence-electron chi connectivity index (χ3n) is 6.95. The standard InChI is InChI=1S/C25H31NO3/c1-6-7-19-12-16(2)23(17(3)13-19)24-21(28)14-25(15-22(24)29)10-8-20(9-11-25)26(5)18(4)27/h12-13,20,24H,8-11,14-15H2,1-5H3. The van der Waals surface area contributed by atoms with Gasteiger partial charge in [0.25, 0.3) is 0 Å². The molecule has 3 rings (SSSR count). The summed E-state index contributed by atoms with van der Waals surface area (Å²) in [5, 5.41) is 0. The van der Waals surface area contributed by atoms with Crippen molar-refractivity contribution in [1.82, 2.24) is 4.90 Å². The van der Waals surface area contributed by atoms with Gasteiger partial charge in [0.15, 0.2) is 0 Å². The maximum absolute atomic E-state index is 13.2. The molecule has 2 saturated carbocycles. The number of hydrogen-bond donors (Lipinski definition) is 0. The summed E-state index contributed by atoms with van der Waals surface area (Å²) in [5.74, 6) is 5.51. The molecule has 0 bridgehead atoms. The number of rotatable bonds is 2. The number of nitrogens with zero attached hydrogens (tertiary/aromatic N) is 1. The van der Waals surface area contributed by atoms with Crippen molar-refractivity contribution in [3.63, 3.8) is 0 Å². The molecule has 4 nitrogen and oxygen atoms in total. The van der Waals surface area contributed by atoms with Gasteiger partial charge in [-0.3, -0.25) is 14.4 Å². The van der Waals surface area contributed by atoms with Gasteiger partial charge in [0.1, 0.15) is 17.5 Å². The van der Waals surface area contributed by atoms with Gasteiger partial charge in [-0.25, -0.2) is 0 Å². The molecule has 0 heterocycles. The second kappa shape index (κ2) is 8.14. The van der Waals surface area contributed by atoms with Crippen molar-refractivity contribution in [3.05, 3.63) is 34.4 Å². The maximum Gasteiger partial charge on any atom is 0.219 e. The highest BCUT2D eigenvalue weighted by atomic mass is 16.2. The predicted molar refractivity (Wildman–Crippen MR) is 114 cm³/mol. The van der Waals surface area contributed by atoms with Crippen LogP contribution in [0, 0.1) is 31.1 Å². The maximum atomic E-state index is 13.2. The van der Waals surface area contributed by atoms with E-state index in [-0.39, 0.29) is 28.9 Å². The van der Waals surface area contributed by atoms with E-state index in [4.69, 9.17) is 0 Å². The molecule has 4 heteroatoms. The average Bonchev–Trinajstić information content (AvgIpc) is 2.63. The first kappa shape index (κ1) is 21.3. The van der Waals surface area contributed by atoms with Crippen molar-refractivity contribution < 1.29 is 14.4 Å². The van der Waals surface area contributed by atoms with Crippen LogP contribution in [0.4, 0.5) is 0 Å². The van der Waals surface area contributed by atoms with Gasteiger partial charge in [0.05, 0.1) is 0 Å². The summed E-state index contributed by atoms with van der Waals surface area (Å²) in [4.78, 5) is 39.9. The van der Waals surface area contributed by atoms with Crippen molar-refractivity contribution in [2.24, 2.45) is 5.41 Å². The summed E-state index contributed by atoms with van der Waals surface area (Å²) in [6.07, 6.45) is 4.34. The van der Waals surface area contributed by atoms with E-state index < -0.39 is 5.92 Å². The van der Waals surface area contributed by atoms with Crippen LogP contribution in [0.25, 0.3) is 0 Å². The topological polar surface area (TPSA) is 54.5 Å². The van der Waals surface area contributed by atoms with Crippen LogP contribution in [0.5, 0.6) is 0 Å². The highest BCUT2D eigenvalue weighted by Crippen LogP contribution is 2.49. The smallest absolute Gasteiger partial charge is 0.219 e. The van der Waals surface area contributed by atoms with E-state index in [0.29, 0.717) is 12.8 Å². The molecular formula is C25H31NO3. The van der Waals surface area contributed by atoms with E-state index in [0.717, 1.165) is 47.9 Å². The van der Waals surface area contributed by atoms with Crippen molar-refractivity contribution in [1.29, 1.82) is 0 Å². The molecule has 0 saturated heterocycles. The molecule has 29 heavy (non-hydrogen) atoms. The van der Waals surface area contributed by atoms with Crippen molar-refractivity contribution in [3.8, 4) is 11.8 Å². The molecule has 2 aliphatic rings. The van der Waals surface area contributed by atoms with Crippen molar-refractivity contribution in [2.45, 2.75) is 78.2 Å². The van der Waals surface area contributed by atoms with Crippen LogP contribution in [0.2, 0.25) is 0 Å². The highest BCUT2D eigenvalue weighted by Gasteiger charge is 2.48. The fraction of sp³-hybridized carbons (Fsp3) is 0.560. The number of amides is 1. The molecule has 0 unspecified atom stereocenters. The molecule has 1 aromatic carbocycles. The normalized spacial score (nSPS) is 26.8. The van der Waals surface area contributed by atoms with Gasteiger partial charge >= 0.3 is 0 Å². The minimum Gasteiger partial charge on any atom is -0.343 e. The van der Waals surface area contributed by atoms with Gasteiger partial charge in [0, 0.05) is 38.4 Å². The first-order valence-corrected chi connectivity index (χ1v) is 10.5. The Labute approximate surface area is 174 Å². The Kier molecular flexibility index (Phi) is 5.98. The Hall–Kier alpha value is -2.41. The van der Waals surface area contributed by atoms with E-state index in [2.05, 4.69) is 11.8 Å². The Balaban J connectivity index is 1.80. The Morgan fingerprint density at radius 3 is 2.03 bits per heavy atom. The quantitative estimate of drug-likeness (QED) is 0.562. The summed E-state index contributed by atoms with van der Waals surface area (Å²) >= 11 is 0. The van der Waals surface area contributed by atoms with Gasteiger partial charge in [-0.2, -0.15) is 0 Å². The second-order valence-electron chi connectivity index (χ2n) is 8.98. The predicted octanol–water partition coefficient (Wildman–Crippen LogP) is 4.10. The van der Waals surface area contributed by atoms with E-state index in [1.807, 2.05) is 33.0 Å². The molecule has 0 aliphatic heterocycles. The Bertz CT molecular complexity index is 867. The third kappa shape index (κ3) is 4.15. The van der Waals surface area contributed by atoms with Gasteiger partial charge in [-0.1, -0.05) is 5.92 Å². The molecule has 154 valence electrons. The summed E-state index contributed by atoms with van der Waals surface area (Å²) < 4.78 is 0. The molecule has 0 N–H and O–H groups in total. The van der Waals surface area contributed by atoms with E-state index in [9.17, 15) is 14.4 Å². The lowest BCUT2D eigenvalue weighted by atomic mass is 9.60.